The Labute approximate surface area is 112 Å². The molecule has 1 unspecified atom stereocenters. The highest BCUT2D eigenvalue weighted by molar-refractivity contribution is 5.92. The number of aromatic nitrogens is 2. The smallest absolute Gasteiger partial charge is 0.271 e. The summed E-state index contributed by atoms with van der Waals surface area (Å²) in [7, 11) is 2.05. The quantitative estimate of drug-likeness (QED) is 0.707. The van der Waals surface area contributed by atoms with Crippen LogP contribution in [0, 0.1) is 0 Å². The Hall–Kier alpha value is -1.44. The zero-order valence-electron chi connectivity index (χ0n) is 11.2. The van der Waals surface area contributed by atoms with Crippen LogP contribution in [-0.2, 0) is 11.3 Å². The molecule has 0 radical (unpaired) electrons. The molecular formula is C12H21N5O2. The van der Waals surface area contributed by atoms with Gasteiger partial charge in [0.25, 0.3) is 5.91 Å². The largest absolute Gasteiger partial charge is 0.374 e. The second kappa shape index (κ2) is 6.65. The van der Waals surface area contributed by atoms with E-state index in [-0.39, 0.29) is 12.0 Å². The van der Waals surface area contributed by atoms with Crippen molar-refractivity contribution in [2.24, 2.45) is 5.73 Å². The van der Waals surface area contributed by atoms with Crippen molar-refractivity contribution in [2.45, 2.75) is 12.6 Å². The molecule has 0 spiro atoms. The molecule has 2 rings (SSSR count). The van der Waals surface area contributed by atoms with Gasteiger partial charge in [-0.3, -0.25) is 4.79 Å². The number of amides is 1. The van der Waals surface area contributed by atoms with Crippen molar-refractivity contribution < 1.29 is 9.53 Å². The minimum atomic E-state index is -0.174. The van der Waals surface area contributed by atoms with E-state index in [0.29, 0.717) is 31.9 Å². The average Bonchev–Trinajstić information content (AvgIpc) is 2.85. The molecule has 1 aliphatic heterocycles. The van der Waals surface area contributed by atoms with Crippen LogP contribution in [0.2, 0.25) is 0 Å². The van der Waals surface area contributed by atoms with E-state index in [1.54, 1.807) is 17.1 Å². The van der Waals surface area contributed by atoms with Crippen molar-refractivity contribution in [3.05, 3.63) is 18.2 Å². The van der Waals surface area contributed by atoms with E-state index in [0.717, 1.165) is 13.1 Å². The van der Waals surface area contributed by atoms with Crippen molar-refractivity contribution >= 4 is 5.91 Å². The van der Waals surface area contributed by atoms with Crippen LogP contribution in [0.15, 0.2) is 12.5 Å². The van der Waals surface area contributed by atoms with E-state index >= 15 is 0 Å². The lowest BCUT2D eigenvalue weighted by Gasteiger charge is -2.29. The predicted octanol–water partition coefficient (Wildman–Crippen LogP) is -1.10. The van der Waals surface area contributed by atoms with Crippen LogP contribution in [0.25, 0.3) is 0 Å². The fourth-order valence-electron chi connectivity index (χ4n) is 2.04. The molecule has 3 N–H and O–H groups in total. The third-order valence-electron chi connectivity index (χ3n) is 3.09. The average molecular weight is 267 g/mol. The fourth-order valence-corrected chi connectivity index (χ4v) is 2.04. The molecule has 0 bridgehead atoms. The molecule has 1 fully saturated rings. The first-order valence-electron chi connectivity index (χ1n) is 6.49. The van der Waals surface area contributed by atoms with Gasteiger partial charge in [0.1, 0.15) is 5.69 Å². The van der Waals surface area contributed by atoms with Gasteiger partial charge in [0.05, 0.1) is 19.0 Å². The summed E-state index contributed by atoms with van der Waals surface area (Å²) in [6.45, 7) is 4.18. The van der Waals surface area contributed by atoms with Gasteiger partial charge in [0.15, 0.2) is 0 Å². The molecule has 1 aliphatic rings. The maximum atomic E-state index is 11.9. The van der Waals surface area contributed by atoms with Crippen LogP contribution in [0.3, 0.4) is 0 Å². The standard InChI is InChI=1S/C12H21N5O2/c1-16-4-5-19-10(7-16)6-14-12(18)11-8-17(3-2-13)9-15-11/h8-10H,2-7,13H2,1H3,(H,14,18). The van der Waals surface area contributed by atoms with Crippen LogP contribution in [0.1, 0.15) is 10.5 Å². The third-order valence-corrected chi connectivity index (χ3v) is 3.09. The number of nitrogens with one attached hydrogen (secondary N) is 1. The summed E-state index contributed by atoms with van der Waals surface area (Å²) < 4.78 is 7.39. The van der Waals surface area contributed by atoms with Crippen LogP contribution >= 0.6 is 0 Å². The highest BCUT2D eigenvalue weighted by atomic mass is 16.5. The Morgan fingerprint density at radius 2 is 2.53 bits per heavy atom. The second-order valence-corrected chi connectivity index (χ2v) is 4.75. The lowest BCUT2D eigenvalue weighted by molar-refractivity contribution is -0.0175. The number of rotatable bonds is 5. The Bertz CT molecular complexity index is 420. The van der Waals surface area contributed by atoms with E-state index < -0.39 is 0 Å². The summed E-state index contributed by atoms with van der Waals surface area (Å²) in [5.74, 6) is -0.174. The maximum absolute atomic E-state index is 11.9. The van der Waals surface area contributed by atoms with E-state index in [2.05, 4.69) is 15.2 Å². The van der Waals surface area contributed by atoms with Gasteiger partial charge in [0, 0.05) is 38.9 Å². The molecule has 106 valence electrons. The molecule has 0 aliphatic carbocycles. The Balaban J connectivity index is 1.79. The lowest BCUT2D eigenvalue weighted by atomic mass is 10.3. The first-order chi connectivity index (χ1) is 9.19. The van der Waals surface area contributed by atoms with Crippen molar-refractivity contribution in [1.82, 2.24) is 19.8 Å². The zero-order valence-corrected chi connectivity index (χ0v) is 11.2. The topological polar surface area (TPSA) is 85.4 Å². The van der Waals surface area contributed by atoms with E-state index in [4.69, 9.17) is 10.5 Å². The summed E-state index contributed by atoms with van der Waals surface area (Å²) in [6.07, 6.45) is 3.37. The summed E-state index contributed by atoms with van der Waals surface area (Å²) in [5, 5.41) is 2.85. The summed E-state index contributed by atoms with van der Waals surface area (Å²) in [5.41, 5.74) is 5.86. The normalized spacial score (nSPS) is 20.4. The molecule has 2 heterocycles. The molecule has 1 atom stereocenters. The molecule has 19 heavy (non-hydrogen) atoms. The van der Waals surface area contributed by atoms with Gasteiger partial charge in [-0.25, -0.2) is 4.98 Å². The third kappa shape index (κ3) is 4.02. The number of hydrogen-bond acceptors (Lipinski definition) is 5. The van der Waals surface area contributed by atoms with Crippen LogP contribution < -0.4 is 11.1 Å². The van der Waals surface area contributed by atoms with Gasteiger partial charge >= 0.3 is 0 Å². The molecule has 1 amide bonds. The minimum Gasteiger partial charge on any atom is -0.374 e. The summed E-state index contributed by atoms with van der Waals surface area (Å²) in [6, 6.07) is 0. The van der Waals surface area contributed by atoms with Crippen molar-refractivity contribution in [3.8, 4) is 0 Å². The molecule has 7 nitrogen and oxygen atoms in total. The van der Waals surface area contributed by atoms with Crippen LogP contribution in [0.4, 0.5) is 0 Å². The SMILES string of the molecule is CN1CCOC(CNC(=O)c2cn(CCN)cn2)C1. The number of imidazole rings is 1. The van der Waals surface area contributed by atoms with E-state index in [1.807, 2.05) is 7.05 Å². The number of hydrogen-bond donors (Lipinski definition) is 2. The van der Waals surface area contributed by atoms with Crippen molar-refractivity contribution in [3.63, 3.8) is 0 Å². The van der Waals surface area contributed by atoms with Crippen LogP contribution in [0.5, 0.6) is 0 Å². The number of morpholine rings is 1. The minimum absolute atomic E-state index is 0.0498. The van der Waals surface area contributed by atoms with E-state index in [9.17, 15) is 4.79 Å². The van der Waals surface area contributed by atoms with Gasteiger partial charge in [0.2, 0.25) is 0 Å². The number of likely N-dealkylation sites (N-methyl/N-ethyl adjacent to an activating group) is 1. The monoisotopic (exact) mass is 267 g/mol. The van der Waals surface area contributed by atoms with Crippen LogP contribution in [-0.4, -0.2) is 66.3 Å². The van der Waals surface area contributed by atoms with Gasteiger partial charge < -0.3 is 25.3 Å². The van der Waals surface area contributed by atoms with E-state index in [1.165, 1.54) is 0 Å². The summed E-state index contributed by atoms with van der Waals surface area (Å²) >= 11 is 0. The number of nitrogens with zero attached hydrogens (tertiary/aromatic N) is 3. The maximum Gasteiger partial charge on any atom is 0.271 e. The Morgan fingerprint density at radius 1 is 1.68 bits per heavy atom. The Kier molecular flexibility index (Phi) is 4.89. The predicted molar refractivity (Wildman–Crippen MR) is 70.9 cm³/mol. The first kappa shape index (κ1) is 14.0. The van der Waals surface area contributed by atoms with Gasteiger partial charge in [-0.15, -0.1) is 0 Å². The molecule has 7 heteroatoms. The number of nitrogens with two attached hydrogens (primary N) is 1. The number of ether oxygens (including phenoxy) is 1. The molecule has 0 aromatic carbocycles. The van der Waals surface area contributed by atoms with Crippen molar-refractivity contribution in [2.75, 3.05) is 39.8 Å². The number of carbonyl (C=O) groups excluding carboxylic acids is 1. The number of carbonyl (C=O) groups is 1. The fraction of sp³-hybridized carbons (Fsp3) is 0.667. The van der Waals surface area contributed by atoms with Gasteiger partial charge in [-0.05, 0) is 7.05 Å². The first-order valence-corrected chi connectivity index (χ1v) is 6.49. The van der Waals surface area contributed by atoms with Gasteiger partial charge in [-0.2, -0.15) is 0 Å². The summed E-state index contributed by atoms with van der Waals surface area (Å²) in [4.78, 5) is 18.1. The highest BCUT2D eigenvalue weighted by Gasteiger charge is 2.19. The molecule has 1 aromatic heterocycles. The molecule has 1 saturated heterocycles. The lowest BCUT2D eigenvalue weighted by Crippen LogP contribution is -2.45. The van der Waals surface area contributed by atoms with Gasteiger partial charge in [-0.1, -0.05) is 0 Å². The second-order valence-electron chi connectivity index (χ2n) is 4.75. The Morgan fingerprint density at radius 3 is 3.26 bits per heavy atom. The molecule has 1 aromatic rings. The zero-order chi connectivity index (χ0) is 13.7. The molecular weight excluding hydrogens is 246 g/mol. The van der Waals surface area contributed by atoms with Crippen molar-refractivity contribution in [1.29, 1.82) is 0 Å². The highest BCUT2D eigenvalue weighted by Crippen LogP contribution is 2.02. The molecule has 0 saturated carbocycles.